The molecular formula is C30H30ClN3O2S. The van der Waals surface area contributed by atoms with Crippen LogP contribution in [0.2, 0.25) is 5.02 Å². The van der Waals surface area contributed by atoms with Crippen LogP contribution in [0.4, 0.5) is 0 Å². The molecule has 0 radical (unpaired) electrons. The van der Waals surface area contributed by atoms with Crippen molar-refractivity contribution >= 4 is 50.0 Å². The molecule has 0 saturated heterocycles. The number of hydrogen-bond donors (Lipinski definition) is 0. The van der Waals surface area contributed by atoms with Crippen molar-refractivity contribution in [1.82, 2.24) is 14.5 Å². The second-order valence-corrected chi connectivity index (χ2v) is 12.0. The van der Waals surface area contributed by atoms with Crippen LogP contribution < -0.4 is 0 Å². The summed E-state index contributed by atoms with van der Waals surface area (Å²) in [6.07, 6.45) is 1.18. The number of aryl methyl sites for hydroxylation is 3. The Labute approximate surface area is 226 Å². The molecule has 0 bridgehead atoms. The lowest BCUT2D eigenvalue weighted by atomic mass is 9.90. The Bertz CT molecular complexity index is 1660. The number of Topliss-reactive ketones (excluding diaryl/α,β-unsaturated/α-hetero) is 1. The number of hydrogen-bond acceptors (Lipinski definition) is 5. The van der Waals surface area contributed by atoms with E-state index >= 15 is 0 Å². The molecular weight excluding hydrogens is 502 g/mol. The third-order valence-corrected chi connectivity index (χ3v) is 7.91. The number of ketones is 1. The molecule has 0 aliphatic heterocycles. The quantitative estimate of drug-likeness (QED) is 0.229. The molecule has 0 aliphatic carbocycles. The summed E-state index contributed by atoms with van der Waals surface area (Å²) in [5, 5.41) is 2.63. The lowest BCUT2D eigenvalue weighted by Crippen LogP contribution is -2.27. The monoisotopic (exact) mass is 531 g/mol. The van der Waals surface area contributed by atoms with Gasteiger partial charge in [0.1, 0.15) is 16.8 Å². The van der Waals surface area contributed by atoms with Gasteiger partial charge in [-0.2, -0.15) is 0 Å². The van der Waals surface area contributed by atoms with Crippen molar-refractivity contribution in [3.8, 4) is 21.7 Å². The molecule has 1 atom stereocenters. The molecule has 0 unspecified atom stereocenters. The number of nitrogens with zero attached hydrogens (tertiary/aromatic N) is 3. The Morgan fingerprint density at radius 1 is 1.08 bits per heavy atom. The highest BCUT2D eigenvalue weighted by Crippen LogP contribution is 2.44. The van der Waals surface area contributed by atoms with Gasteiger partial charge >= 0.3 is 0 Å². The van der Waals surface area contributed by atoms with Gasteiger partial charge < -0.3 is 9.30 Å². The molecule has 190 valence electrons. The largest absolute Gasteiger partial charge is 0.360 e. The van der Waals surface area contributed by atoms with Gasteiger partial charge in [0, 0.05) is 46.0 Å². The Morgan fingerprint density at radius 2 is 1.78 bits per heavy atom. The molecule has 0 saturated carbocycles. The maximum Gasteiger partial charge on any atom is 0.163 e. The van der Waals surface area contributed by atoms with E-state index in [0.717, 1.165) is 59.8 Å². The standard InChI is InChI=1S/C30H30ClN3O2S/c1-16-12-23-27(37-29(33-23)21-14-20-13-17(2)34(7)28(20)32-15-21)25(19-8-10-22(31)11-9-19)24(16)26(18(3)35)36-30(4,5)6/h8-15,26H,1-7H3/t26-/m1/s1. The maximum atomic E-state index is 13.0. The summed E-state index contributed by atoms with van der Waals surface area (Å²) in [4.78, 5) is 22.7. The summed E-state index contributed by atoms with van der Waals surface area (Å²) < 4.78 is 9.44. The second-order valence-electron chi connectivity index (χ2n) is 10.6. The number of benzene rings is 2. The highest BCUT2D eigenvalue weighted by molar-refractivity contribution is 7.22. The van der Waals surface area contributed by atoms with E-state index in [2.05, 4.69) is 29.7 Å². The molecule has 3 heterocycles. The number of halogens is 1. The highest BCUT2D eigenvalue weighted by Gasteiger charge is 2.30. The smallest absolute Gasteiger partial charge is 0.163 e. The van der Waals surface area contributed by atoms with Crippen molar-refractivity contribution in [1.29, 1.82) is 0 Å². The minimum atomic E-state index is -0.703. The summed E-state index contributed by atoms with van der Waals surface area (Å²) in [5.41, 5.74) is 7.23. The number of carbonyl (C=O) groups excluding carboxylic acids is 1. The van der Waals surface area contributed by atoms with Gasteiger partial charge in [-0.1, -0.05) is 23.7 Å². The van der Waals surface area contributed by atoms with Crippen molar-refractivity contribution < 1.29 is 9.53 Å². The lowest BCUT2D eigenvalue weighted by molar-refractivity contribution is -0.138. The minimum Gasteiger partial charge on any atom is -0.360 e. The summed E-state index contributed by atoms with van der Waals surface area (Å²) in [7, 11) is 2.02. The predicted octanol–water partition coefficient (Wildman–Crippen LogP) is 8.23. The van der Waals surface area contributed by atoms with Crippen molar-refractivity contribution in [3.63, 3.8) is 0 Å². The molecule has 5 nitrogen and oxygen atoms in total. The van der Waals surface area contributed by atoms with Gasteiger partial charge in [-0.3, -0.25) is 4.79 Å². The summed E-state index contributed by atoms with van der Waals surface area (Å²) in [6.45, 7) is 11.6. The van der Waals surface area contributed by atoms with Crippen molar-refractivity contribution in [3.05, 3.63) is 70.5 Å². The van der Waals surface area contributed by atoms with Crippen LogP contribution in [0.3, 0.4) is 0 Å². The first kappa shape index (κ1) is 25.6. The number of carbonyl (C=O) groups is 1. The van der Waals surface area contributed by atoms with Gasteiger partial charge in [-0.15, -0.1) is 11.3 Å². The van der Waals surface area contributed by atoms with Crippen LogP contribution in [0.25, 0.3) is 42.9 Å². The fourth-order valence-electron chi connectivity index (χ4n) is 4.74. The molecule has 0 amide bonds. The van der Waals surface area contributed by atoms with Crippen LogP contribution in [0.15, 0.2) is 48.7 Å². The molecule has 0 fully saturated rings. The molecule has 2 aromatic carbocycles. The zero-order valence-electron chi connectivity index (χ0n) is 22.1. The van der Waals surface area contributed by atoms with E-state index < -0.39 is 11.7 Å². The van der Waals surface area contributed by atoms with Gasteiger partial charge in [0.15, 0.2) is 5.78 Å². The number of ether oxygens (including phenoxy) is 1. The topological polar surface area (TPSA) is 57.0 Å². The first-order chi connectivity index (χ1) is 17.4. The zero-order chi connectivity index (χ0) is 26.6. The van der Waals surface area contributed by atoms with Gasteiger partial charge in [-0.05, 0) is 83.0 Å². The van der Waals surface area contributed by atoms with E-state index in [9.17, 15) is 4.79 Å². The van der Waals surface area contributed by atoms with E-state index in [-0.39, 0.29) is 5.78 Å². The average Bonchev–Trinajstić information content (AvgIpc) is 3.36. The van der Waals surface area contributed by atoms with Crippen molar-refractivity contribution in [2.24, 2.45) is 7.05 Å². The van der Waals surface area contributed by atoms with Crippen molar-refractivity contribution in [2.75, 3.05) is 0 Å². The summed E-state index contributed by atoms with van der Waals surface area (Å²) in [5.74, 6) is -0.0357. The van der Waals surface area contributed by atoms with Crippen LogP contribution in [0, 0.1) is 13.8 Å². The molecule has 5 rings (SSSR count). The third-order valence-electron chi connectivity index (χ3n) is 6.52. The maximum absolute atomic E-state index is 13.0. The van der Waals surface area contributed by atoms with Gasteiger partial charge in [0.25, 0.3) is 0 Å². The molecule has 0 N–H and O–H groups in total. The Kier molecular flexibility index (Phi) is 6.47. The predicted molar refractivity (Wildman–Crippen MR) is 154 cm³/mol. The fraction of sp³-hybridized carbons (Fsp3) is 0.300. The minimum absolute atomic E-state index is 0.0357. The van der Waals surface area contributed by atoms with Crippen LogP contribution in [0.5, 0.6) is 0 Å². The number of rotatable bonds is 5. The molecule has 3 aromatic heterocycles. The van der Waals surface area contributed by atoms with Crippen LogP contribution in [0.1, 0.15) is 50.6 Å². The number of pyridine rings is 1. The highest BCUT2D eigenvalue weighted by atomic mass is 35.5. The van der Waals surface area contributed by atoms with E-state index in [1.54, 1.807) is 18.3 Å². The van der Waals surface area contributed by atoms with Gasteiger partial charge in [0.2, 0.25) is 0 Å². The molecule has 5 aromatic rings. The third kappa shape index (κ3) is 4.81. The van der Waals surface area contributed by atoms with E-state index in [1.165, 1.54) is 0 Å². The second kappa shape index (κ2) is 9.35. The Hall–Kier alpha value is -3.06. The molecule has 0 aliphatic rings. The fourth-order valence-corrected chi connectivity index (χ4v) is 5.97. The van der Waals surface area contributed by atoms with Crippen molar-refractivity contribution in [2.45, 2.75) is 53.2 Å². The van der Waals surface area contributed by atoms with Crippen LogP contribution >= 0.6 is 22.9 Å². The molecule has 37 heavy (non-hydrogen) atoms. The Balaban J connectivity index is 1.78. The van der Waals surface area contributed by atoms with E-state index in [0.29, 0.717) is 5.02 Å². The summed E-state index contributed by atoms with van der Waals surface area (Å²) in [6, 6.07) is 14.1. The van der Waals surface area contributed by atoms with E-state index in [1.807, 2.05) is 65.2 Å². The van der Waals surface area contributed by atoms with Crippen LogP contribution in [-0.2, 0) is 16.6 Å². The number of aromatic nitrogens is 3. The van der Waals surface area contributed by atoms with Gasteiger partial charge in [0.05, 0.1) is 15.8 Å². The lowest BCUT2D eigenvalue weighted by Gasteiger charge is -2.29. The van der Waals surface area contributed by atoms with Crippen LogP contribution in [-0.4, -0.2) is 25.9 Å². The molecule has 7 heteroatoms. The Morgan fingerprint density at radius 3 is 2.43 bits per heavy atom. The summed E-state index contributed by atoms with van der Waals surface area (Å²) >= 11 is 7.84. The number of thiazole rings is 1. The SMILES string of the molecule is CC(=O)[C@@H](OC(C)(C)C)c1c(C)cc2nc(-c3cnc4c(c3)cc(C)n4C)sc2c1-c1ccc(Cl)cc1. The average molecular weight is 532 g/mol. The normalized spacial score (nSPS) is 13.0. The first-order valence-electron chi connectivity index (χ1n) is 12.2. The first-order valence-corrected chi connectivity index (χ1v) is 13.4. The molecule has 0 spiro atoms. The van der Waals surface area contributed by atoms with Gasteiger partial charge in [-0.25, -0.2) is 9.97 Å². The zero-order valence-corrected chi connectivity index (χ0v) is 23.7. The number of fused-ring (bicyclic) bond motifs is 2. The van der Waals surface area contributed by atoms with E-state index in [4.69, 9.17) is 26.3 Å².